The summed E-state index contributed by atoms with van der Waals surface area (Å²) < 4.78 is 0. The van der Waals surface area contributed by atoms with Crippen LogP contribution in [-0.4, -0.2) is 5.75 Å². The summed E-state index contributed by atoms with van der Waals surface area (Å²) in [6.07, 6.45) is 2.16. The largest absolute Gasteiger partial charge is 0.399 e. The molecule has 100 valence electrons. The Balaban J connectivity index is 1.71. The molecule has 0 aliphatic heterocycles. The van der Waals surface area contributed by atoms with Crippen molar-refractivity contribution in [1.29, 1.82) is 0 Å². The number of aryl methyl sites for hydroxylation is 1. The van der Waals surface area contributed by atoms with Crippen molar-refractivity contribution in [2.24, 2.45) is 0 Å². The number of nitrogen functional groups attached to an aromatic ring is 2. The summed E-state index contributed by atoms with van der Waals surface area (Å²) in [6, 6.07) is 16.0. The molecule has 0 heterocycles. The molecule has 0 aromatic heterocycles. The fourth-order valence-electron chi connectivity index (χ4n) is 1.74. The van der Waals surface area contributed by atoms with Crippen molar-refractivity contribution in [3.63, 3.8) is 0 Å². The summed E-state index contributed by atoms with van der Waals surface area (Å²) in [4.78, 5) is 1.15. The van der Waals surface area contributed by atoms with Gasteiger partial charge in [-0.15, -0.1) is 0 Å². The van der Waals surface area contributed by atoms with Gasteiger partial charge >= 0.3 is 0 Å². The van der Waals surface area contributed by atoms with Crippen molar-refractivity contribution in [2.45, 2.75) is 17.7 Å². The van der Waals surface area contributed by atoms with Crippen LogP contribution >= 0.6 is 21.6 Å². The molecular weight excluding hydrogens is 272 g/mol. The monoisotopic (exact) mass is 290 g/mol. The van der Waals surface area contributed by atoms with E-state index in [0.29, 0.717) is 0 Å². The average molecular weight is 290 g/mol. The lowest BCUT2D eigenvalue weighted by Gasteiger charge is -2.06. The second-order valence-corrected chi connectivity index (χ2v) is 6.70. The van der Waals surface area contributed by atoms with Crippen LogP contribution in [0, 0.1) is 0 Å². The van der Waals surface area contributed by atoms with Crippen LogP contribution in [0.4, 0.5) is 11.4 Å². The van der Waals surface area contributed by atoms with Gasteiger partial charge in [0.1, 0.15) is 0 Å². The van der Waals surface area contributed by atoms with E-state index in [1.807, 2.05) is 47.2 Å². The standard InChI is InChI=1S/C15H18N2S2/c16-13-8-2-1-6-12(13)7-5-11-18-19-15-10-4-3-9-14(15)17/h1-4,6,8-10H,5,7,11,16-17H2. The van der Waals surface area contributed by atoms with Crippen molar-refractivity contribution in [3.05, 3.63) is 54.1 Å². The summed E-state index contributed by atoms with van der Waals surface area (Å²) in [5, 5.41) is 0. The van der Waals surface area contributed by atoms with E-state index in [1.54, 1.807) is 10.8 Å². The first-order valence-corrected chi connectivity index (χ1v) is 8.56. The minimum Gasteiger partial charge on any atom is -0.399 e. The minimum absolute atomic E-state index is 0.854. The molecule has 0 aliphatic carbocycles. The Hall–Kier alpha value is -1.26. The first kappa shape index (κ1) is 14.2. The number of para-hydroxylation sites is 2. The quantitative estimate of drug-likeness (QED) is 0.475. The highest BCUT2D eigenvalue weighted by atomic mass is 33.1. The molecule has 0 atom stereocenters. The van der Waals surface area contributed by atoms with Crippen molar-refractivity contribution in [3.8, 4) is 0 Å². The van der Waals surface area contributed by atoms with Gasteiger partial charge in [0.15, 0.2) is 0 Å². The Morgan fingerprint density at radius 2 is 1.53 bits per heavy atom. The molecule has 0 fully saturated rings. The van der Waals surface area contributed by atoms with E-state index in [1.165, 1.54) is 5.56 Å². The van der Waals surface area contributed by atoms with Crippen LogP contribution in [0.5, 0.6) is 0 Å². The molecule has 0 saturated carbocycles. The summed E-state index contributed by atoms with van der Waals surface area (Å²) in [5.74, 6) is 1.09. The van der Waals surface area contributed by atoms with Crippen LogP contribution in [-0.2, 0) is 6.42 Å². The second-order valence-electron chi connectivity index (χ2n) is 4.25. The lowest BCUT2D eigenvalue weighted by atomic mass is 10.1. The van der Waals surface area contributed by atoms with Gasteiger partial charge in [0.25, 0.3) is 0 Å². The van der Waals surface area contributed by atoms with E-state index < -0.39 is 0 Å². The van der Waals surface area contributed by atoms with Crippen LogP contribution in [0.2, 0.25) is 0 Å². The van der Waals surface area contributed by atoms with E-state index in [2.05, 4.69) is 12.1 Å². The Kier molecular flexibility index (Phi) is 5.48. The van der Waals surface area contributed by atoms with E-state index in [0.717, 1.165) is 34.9 Å². The summed E-state index contributed by atoms with van der Waals surface area (Å²) in [5.41, 5.74) is 14.8. The zero-order chi connectivity index (χ0) is 13.5. The van der Waals surface area contributed by atoms with Gasteiger partial charge in [0, 0.05) is 22.0 Å². The molecule has 2 nitrogen and oxygen atoms in total. The predicted octanol–water partition coefficient (Wildman–Crippen LogP) is 4.22. The number of benzene rings is 2. The number of hydrogen-bond acceptors (Lipinski definition) is 4. The highest BCUT2D eigenvalue weighted by molar-refractivity contribution is 8.76. The maximum atomic E-state index is 5.92. The van der Waals surface area contributed by atoms with Crippen LogP contribution in [0.1, 0.15) is 12.0 Å². The lowest BCUT2D eigenvalue weighted by molar-refractivity contribution is 0.938. The molecule has 4 N–H and O–H groups in total. The third kappa shape index (κ3) is 4.40. The third-order valence-electron chi connectivity index (χ3n) is 2.80. The molecule has 0 unspecified atom stereocenters. The van der Waals surface area contributed by atoms with Crippen LogP contribution < -0.4 is 11.5 Å². The molecular formula is C15H18N2S2. The zero-order valence-electron chi connectivity index (χ0n) is 10.7. The van der Waals surface area contributed by atoms with Crippen LogP contribution in [0.3, 0.4) is 0 Å². The number of nitrogens with two attached hydrogens (primary N) is 2. The van der Waals surface area contributed by atoms with Crippen LogP contribution in [0.25, 0.3) is 0 Å². The van der Waals surface area contributed by atoms with Crippen molar-refractivity contribution in [1.82, 2.24) is 0 Å². The summed E-state index contributed by atoms with van der Waals surface area (Å²) in [6.45, 7) is 0. The Morgan fingerprint density at radius 1 is 0.842 bits per heavy atom. The third-order valence-corrected chi connectivity index (χ3v) is 5.31. The maximum Gasteiger partial charge on any atom is 0.0460 e. The van der Waals surface area contributed by atoms with Crippen molar-refractivity contribution in [2.75, 3.05) is 17.2 Å². The number of rotatable bonds is 6. The van der Waals surface area contributed by atoms with Gasteiger partial charge in [0.2, 0.25) is 0 Å². The minimum atomic E-state index is 0.854. The zero-order valence-corrected chi connectivity index (χ0v) is 12.3. The Labute approximate surface area is 122 Å². The highest BCUT2D eigenvalue weighted by Crippen LogP contribution is 2.35. The summed E-state index contributed by atoms with van der Waals surface area (Å²) >= 11 is 0. The Bertz CT molecular complexity index is 482. The maximum absolute atomic E-state index is 5.92. The van der Waals surface area contributed by atoms with Gasteiger partial charge in [-0.05, 0) is 36.6 Å². The fourth-order valence-corrected chi connectivity index (χ4v) is 3.96. The van der Waals surface area contributed by atoms with E-state index in [-0.39, 0.29) is 0 Å². The SMILES string of the molecule is Nc1ccccc1CCCSSc1ccccc1N. The van der Waals surface area contributed by atoms with Gasteiger partial charge in [-0.2, -0.15) is 0 Å². The smallest absolute Gasteiger partial charge is 0.0460 e. The second kappa shape index (κ2) is 7.36. The molecule has 2 rings (SSSR count). The molecule has 0 bridgehead atoms. The van der Waals surface area contributed by atoms with Crippen molar-refractivity contribution >= 4 is 33.0 Å². The average Bonchev–Trinajstić information content (AvgIpc) is 2.42. The van der Waals surface area contributed by atoms with Gasteiger partial charge in [-0.25, -0.2) is 0 Å². The molecule has 4 heteroatoms. The predicted molar refractivity (Wildman–Crippen MR) is 88.3 cm³/mol. The van der Waals surface area contributed by atoms with Gasteiger partial charge in [-0.1, -0.05) is 51.9 Å². The first-order valence-electron chi connectivity index (χ1n) is 6.25. The number of hydrogen-bond donors (Lipinski definition) is 2. The van der Waals surface area contributed by atoms with Crippen molar-refractivity contribution < 1.29 is 0 Å². The normalized spacial score (nSPS) is 10.5. The molecule has 19 heavy (non-hydrogen) atoms. The lowest BCUT2D eigenvalue weighted by Crippen LogP contribution is -1.94. The number of anilines is 2. The molecule has 2 aromatic rings. The van der Waals surface area contributed by atoms with Gasteiger partial charge < -0.3 is 11.5 Å². The van der Waals surface area contributed by atoms with Crippen LogP contribution in [0.15, 0.2) is 53.4 Å². The topological polar surface area (TPSA) is 52.0 Å². The molecule has 2 aromatic carbocycles. The van der Waals surface area contributed by atoms with Gasteiger partial charge in [0.05, 0.1) is 0 Å². The molecule has 0 spiro atoms. The molecule has 0 aliphatic rings. The first-order chi connectivity index (χ1) is 9.27. The van der Waals surface area contributed by atoms with E-state index in [4.69, 9.17) is 11.5 Å². The fraction of sp³-hybridized carbons (Fsp3) is 0.200. The van der Waals surface area contributed by atoms with Gasteiger partial charge in [-0.3, -0.25) is 0 Å². The highest BCUT2D eigenvalue weighted by Gasteiger charge is 2.00. The molecule has 0 amide bonds. The van der Waals surface area contributed by atoms with E-state index >= 15 is 0 Å². The molecule has 0 radical (unpaired) electrons. The molecule has 0 saturated heterocycles. The summed E-state index contributed by atoms with van der Waals surface area (Å²) in [7, 11) is 3.59. The Morgan fingerprint density at radius 3 is 2.26 bits per heavy atom. The van der Waals surface area contributed by atoms with E-state index in [9.17, 15) is 0 Å².